The van der Waals surface area contributed by atoms with E-state index in [9.17, 15) is 5.21 Å². The molecule has 0 aliphatic heterocycles. The Morgan fingerprint density at radius 3 is 2.17 bits per heavy atom. The van der Waals surface area contributed by atoms with Crippen LogP contribution >= 0.6 is 0 Å². The van der Waals surface area contributed by atoms with Gasteiger partial charge in [0, 0.05) is 6.04 Å². The lowest BCUT2D eigenvalue weighted by molar-refractivity contribution is -0.172. The summed E-state index contributed by atoms with van der Waals surface area (Å²) in [6.07, 6.45) is 0.900. The molecule has 1 N–H and O–H groups in total. The molecule has 0 unspecified atom stereocenters. The van der Waals surface area contributed by atoms with Gasteiger partial charge in [0.1, 0.15) is 0 Å². The van der Waals surface area contributed by atoms with Gasteiger partial charge in [0.05, 0.1) is 5.54 Å². The Morgan fingerprint density at radius 1 is 1.50 bits per heavy atom. The molecule has 0 fully saturated rings. The number of hydroxylamine groups is 2. The fourth-order valence-corrected chi connectivity index (χ4v) is 1.24. The summed E-state index contributed by atoms with van der Waals surface area (Å²) in [5.41, 5.74) is 0.738. The van der Waals surface area contributed by atoms with Crippen molar-refractivity contribution in [2.75, 3.05) is 0 Å². The van der Waals surface area contributed by atoms with Gasteiger partial charge in [0.25, 0.3) is 0 Å². The van der Waals surface area contributed by atoms with Crippen molar-refractivity contribution in [3.63, 3.8) is 0 Å². The second kappa shape index (κ2) is 4.06. The van der Waals surface area contributed by atoms with Crippen molar-refractivity contribution < 1.29 is 5.21 Å². The van der Waals surface area contributed by atoms with Crippen molar-refractivity contribution in [2.45, 2.75) is 52.6 Å². The van der Waals surface area contributed by atoms with Gasteiger partial charge in [-0.25, -0.2) is 0 Å². The van der Waals surface area contributed by atoms with Gasteiger partial charge in [-0.05, 0) is 34.1 Å². The first-order valence-electron chi connectivity index (χ1n) is 4.50. The maximum Gasteiger partial charge on any atom is 0.0612 e. The van der Waals surface area contributed by atoms with E-state index in [1.807, 2.05) is 27.7 Å². The van der Waals surface area contributed by atoms with E-state index in [-0.39, 0.29) is 11.6 Å². The topological polar surface area (TPSA) is 23.5 Å². The molecule has 0 aromatic heterocycles. The summed E-state index contributed by atoms with van der Waals surface area (Å²) < 4.78 is 0. The second-order valence-electron chi connectivity index (χ2n) is 3.95. The number of nitrogens with zero attached hydrogens (tertiary/aromatic N) is 1. The highest BCUT2D eigenvalue weighted by atomic mass is 16.5. The van der Waals surface area contributed by atoms with E-state index in [2.05, 4.69) is 13.5 Å². The van der Waals surface area contributed by atoms with E-state index in [1.165, 1.54) is 5.06 Å². The molecule has 72 valence electrons. The maximum absolute atomic E-state index is 9.73. The van der Waals surface area contributed by atoms with Gasteiger partial charge >= 0.3 is 0 Å². The smallest absolute Gasteiger partial charge is 0.0612 e. The molecule has 0 rings (SSSR count). The van der Waals surface area contributed by atoms with Crippen molar-refractivity contribution in [3.8, 4) is 0 Å². The SMILES string of the molecule is C=C(CC)C(C)(C)N(O)C(C)C. The molecular formula is C10H21NO. The van der Waals surface area contributed by atoms with Crippen LogP contribution in [0.3, 0.4) is 0 Å². The van der Waals surface area contributed by atoms with Gasteiger partial charge < -0.3 is 5.21 Å². The zero-order valence-corrected chi connectivity index (χ0v) is 8.89. The first kappa shape index (κ1) is 11.7. The molecule has 2 nitrogen and oxygen atoms in total. The van der Waals surface area contributed by atoms with E-state index in [0.29, 0.717) is 0 Å². The van der Waals surface area contributed by atoms with Crippen molar-refractivity contribution in [1.82, 2.24) is 5.06 Å². The Labute approximate surface area is 75.8 Å². The molecule has 0 aromatic rings. The fourth-order valence-electron chi connectivity index (χ4n) is 1.24. The van der Waals surface area contributed by atoms with Crippen LogP contribution in [0, 0.1) is 0 Å². The molecule has 0 saturated carbocycles. The highest BCUT2D eigenvalue weighted by molar-refractivity contribution is 5.11. The predicted molar refractivity (Wildman–Crippen MR) is 52.3 cm³/mol. The minimum Gasteiger partial charge on any atom is -0.313 e. The molecule has 0 aliphatic carbocycles. The normalized spacial score (nSPS) is 12.7. The third-order valence-corrected chi connectivity index (χ3v) is 2.35. The van der Waals surface area contributed by atoms with Crippen LogP contribution in [0.15, 0.2) is 12.2 Å². The van der Waals surface area contributed by atoms with Crippen LogP contribution in [0.4, 0.5) is 0 Å². The third kappa shape index (κ3) is 2.32. The Balaban J connectivity index is 4.48. The highest BCUT2D eigenvalue weighted by Crippen LogP contribution is 2.24. The molecule has 0 spiro atoms. The minimum atomic E-state index is -0.317. The summed E-state index contributed by atoms with van der Waals surface area (Å²) in [6.45, 7) is 13.9. The lowest BCUT2D eigenvalue weighted by Crippen LogP contribution is -2.46. The summed E-state index contributed by atoms with van der Waals surface area (Å²) in [5, 5.41) is 11.1. The molecule has 0 bridgehead atoms. The Bertz CT molecular complexity index is 161. The van der Waals surface area contributed by atoms with E-state index in [1.54, 1.807) is 0 Å². The molecular weight excluding hydrogens is 150 g/mol. The van der Waals surface area contributed by atoms with E-state index in [0.717, 1.165) is 12.0 Å². The van der Waals surface area contributed by atoms with Crippen LogP contribution in [0.2, 0.25) is 0 Å². The van der Waals surface area contributed by atoms with Crippen LogP contribution in [0.25, 0.3) is 0 Å². The molecule has 0 atom stereocenters. The molecule has 0 heterocycles. The average molecular weight is 171 g/mol. The molecule has 12 heavy (non-hydrogen) atoms. The van der Waals surface area contributed by atoms with Crippen molar-refractivity contribution >= 4 is 0 Å². The van der Waals surface area contributed by atoms with Crippen molar-refractivity contribution in [1.29, 1.82) is 0 Å². The summed E-state index contributed by atoms with van der Waals surface area (Å²) in [4.78, 5) is 0. The van der Waals surface area contributed by atoms with Gasteiger partial charge in [-0.1, -0.05) is 19.1 Å². The molecule has 2 heteroatoms. The molecule has 0 radical (unpaired) electrons. The molecule has 0 aromatic carbocycles. The van der Waals surface area contributed by atoms with Gasteiger partial charge in [0.2, 0.25) is 0 Å². The Kier molecular flexibility index (Phi) is 3.94. The molecule has 0 saturated heterocycles. The van der Waals surface area contributed by atoms with Crippen LogP contribution < -0.4 is 0 Å². The van der Waals surface area contributed by atoms with Gasteiger partial charge in [-0.15, -0.1) is 0 Å². The van der Waals surface area contributed by atoms with Crippen molar-refractivity contribution in [2.24, 2.45) is 0 Å². The van der Waals surface area contributed by atoms with Crippen LogP contribution in [-0.4, -0.2) is 21.9 Å². The molecule has 0 amide bonds. The Hall–Kier alpha value is -0.340. The zero-order chi connectivity index (χ0) is 9.94. The third-order valence-electron chi connectivity index (χ3n) is 2.35. The van der Waals surface area contributed by atoms with Crippen LogP contribution in [-0.2, 0) is 0 Å². The van der Waals surface area contributed by atoms with Crippen LogP contribution in [0.5, 0.6) is 0 Å². The Morgan fingerprint density at radius 2 is 1.92 bits per heavy atom. The highest BCUT2D eigenvalue weighted by Gasteiger charge is 2.29. The van der Waals surface area contributed by atoms with Gasteiger partial charge in [-0.2, -0.15) is 5.06 Å². The largest absolute Gasteiger partial charge is 0.313 e. The van der Waals surface area contributed by atoms with Gasteiger partial charge in [0.15, 0.2) is 0 Å². The lowest BCUT2D eigenvalue weighted by atomic mass is 9.92. The van der Waals surface area contributed by atoms with Crippen LogP contribution in [0.1, 0.15) is 41.0 Å². The summed E-state index contributed by atoms with van der Waals surface area (Å²) >= 11 is 0. The predicted octanol–water partition coefficient (Wildman–Crippen LogP) is 2.83. The monoisotopic (exact) mass is 171 g/mol. The number of hydrogen-bond acceptors (Lipinski definition) is 2. The fraction of sp³-hybridized carbons (Fsp3) is 0.800. The lowest BCUT2D eigenvalue weighted by Gasteiger charge is -2.37. The number of hydrogen-bond donors (Lipinski definition) is 1. The number of rotatable bonds is 4. The van der Waals surface area contributed by atoms with Gasteiger partial charge in [-0.3, -0.25) is 0 Å². The van der Waals surface area contributed by atoms with E-state index < -0.39 is 0 Å². The van der Waals surface area contributed by atoms with Crippen molar-refractivity contribution in [3.05, 3.63) is 12.2 Å². The van der Waals surface area contributed by atoms with E-state index in [4.69, 9.17) is 0 Å². The first-order chi connectivity index (χ1) is 5.34. The summed E-state index contributed by atoms with van der Waals surface area (Å²) in [5.74, 6) is 0. The standard InChI is InChI=1S/C10H21NO/c1-7-9(4)10(5,6)11(12)8(2)3/h8,12H,4,7H2,1-3,5-6H3. The quantitative estimate of drug-likeness (QED) is 0.519. The zero-order valence-electron chi connectivity index (χ0n) is 8.89. The minimum absolute atomic E-state index is 0.128. The summed E-state index contributed by atoms with van der Waals surface area (Å²) in [7, 11) is 0. The van der Waals surface area contributed by atoms with E-state index >= 15 is 0 Å². The average Bonchev–Trinajstić information content (AvgIpc) is 2.01. The second-order valence-corrected chi connectivity index (χ2v) is 3.95. The maximum atomic E-state index is 9.73. The summed E-state index contributed by atoms with van der Waals surface area (Å²) in [6, 6.07) is 0.128. The first-order valence-corrected chi connectivity index (χ1v) is 4.50. The molecule has 0 aliphatic rings.